The summed E-state index contributed by atoms with van der Waals surface area (Å²) in [5, 5.41) is 3.95. The van der Waals surface area contributed by atoms with E-state index >= 15 is 0 Å². The summed E-state index contributed by atoms with van der Waals surface area (Å²) in [5.74, 6) is 0.548. The SMILES string of the molecule is Cc1nnsc1C(N)=NC(C)(C)CC(C)(C)C. The molecule has 0 saturated heterocycles. The van der Waals surface area contributed by atoms with Crippen LogP contribution in [-0.4, -0.2) is 21.0 Å². The van der Waals surface area contributed by atoms with Crippen molar-refractivity contribution in [3.05, 3.63) is 10.6 Å². The van der Waals surface area contributed by atoms with Crippen molar-refractivity contribution >= 4 is 17.4 Å². The van der Waals surface area contributed by atoms with Crippen LogP contribution >= 0.6 is 11.5 Å². The summed E-state index contributed by atoms with van der Waals surface area (Å²) in [4.78, 5) is 5.50. The number of aromatic nitrogens is 2. The lowest BCUT2D eigenvalue weighted by Crippen LogP contribution is -2.28. The van der Waals surface area contributed by atoms with Gasteiger partial charge < -0.3 is 5.73 Å². The van der Waals surface area contributed by atoms with Gasteiger partial charge >= 0.3 is 0 Å². The second kappa shape index (κ2) is 4.72. The molecule has 1 rings (SSSR count). The highest BCUT2D eigenvalue weighted by Crippen LogP contribution is 2.29. The van der Waals surface area contributed by atoms with E-state index in [1.807, 2.05) is 6.92 Å². The molecule has 0 amide bonds. The van der Waals surface area contributed by atoms with Crippen molar-refractivity contribution in [1.29, 1.82) is 0 Å². The number of aryl methyl sites for hydroxylation is 1. The van der Waals surface area contributed by atoms with Crippen molar-refractivity contribution in [2.75, 3.05) is 0 Å². The van der Waals surface area contributed by atoms with Crippen molar-refractivity contribution in [1.82, 2.24) is 9.59 Å². The molecule has 0 fully saturated rings. The molecule has 1 heterocycles. The Balaban J connectivity index is 2.92. The standard InChI is InChI=1S/C12H22N4S/c1-8-9(17-16-15-8)10(13)14-12(5,6)7-11(2,3)4/h7H2,1-6H3,(H2,13,14). The molecule has 1 aromatic rings. The predicted octanol–water partition coefficient (Wildman–Crippen LogP) is 2.77. The summed E-state index contributed by atoms with van der Waals surface area (Å²) >= 11 is 1.30. The molecule has 0 bridgehead atoms. The molecule has 0 aromatic carbocycles. The first-order chi connectivity index (χ1) is 7.61. The summed E-state index contributed by atoms with van der Waals surface area (Å²) < 4.78 is 3.88. The quantitative estimate of drug-likeness (QED) is 0.666. The third-order valence-corrected chi connectivity index (χ3v) is 3.12. The minimum Gasteiger partial charge on any atom is -0.383 e. The summed E-state index contributed by atoms with van der Waals surface area (Å²) in [7, 11) is 0. The van der Waals surface area contributed by atoms with Crippen molar-refractivity contribution in [3.8, 4) is 0 Å². The van der Waals surface area contributed by atoms with Crippen molar-refractivity contribution < 1.29 is 0 Å². The first kappa shape index (κ1) is 14.1. The van der Waals surface area contributed by atoms with Gasteiger partial charge in [0.05, 0.1) is 11.2 Å². The van der Waals surface area contributed by atoms with Gasteiger partial charge in [-0.2, -0.15) is 0 Å². The summed E-state index contributed by atoms with van der Waals surface area (Å²) in [6, 6.07) is 0. The zero-order valence-corrected chi connectivity index (χ0v) is 12.4. The Morgan fingerprint density at radius 3 is 2.29 bits per heavy atom. The molecule has 5 heteroatoms. The van der Waals surface area contributed by atoms with E-state index in [1.165, 1.54) is 11.5 Å². The van der Waals surface area contributed by atoms with Gasteiger partial charge in [0, 0.05) is 0 Å². The Hall–Kier alpha value is -0.970. The van der Waals surface area contributed by atoms with Gasteiger partial charge in [0.2, 0.25) is 0 Å². The number of hydrogen-bond donors (Lipinski definition) is 1. The first-order valence-corrected chi connectivity index (χ1v) is 6.53. The topological polar surface area (TPSA) is 64.2 Å². The summed E-state index contributed by atoms with van der Waals surface area (Å²) in [6.45, 7) is 12.7. The van der Waals surface area contributed by atoms with Gasteiger partial charge in [0.1, 0.15) is 10.7 Å². The van der Waals surface area contributed by atoms with Crippen LogP contribution in [0.15, 0.2) is 4.99 Å². The van der Waals surface area contributed by atoms with E-state index in [1.54, 1.807) is 0 Å². The fraction of sp³-hybridized carbons (Fsp3) is 0.750. The third kappa shape index (κ3) is 4.42. The molecule has 0 aliphatic rings. The molecule has 0 saturated carbocycles. The Bertz CT molecular complexity index is 412. The van der Waals surface area contributed by atoms with Crippen LogP contribution in [0.5, 0.6) is 0 Å². The molecular formula is C12H22N4S. The monoisotopic (exact) mass is 254 g/mol. The van der Waals surface area contributed by atoms with Crippen LogP contribution in [0.2, 0.25) is 0 Å². The van der Waals surface area contributed by atoms with Crippen LogP contribution in [0.1, 0.15) is 51.6 Å². The molecule has 96 valence electrons. The van der Waals surface area contributed by atoms with Crippen LogP contribution in [-0.2, 0) is 0 Å². The highest BCUT2D eigenvalue weighted by molar-refractivity contribution is 7.08. The number of aliphatic imine (C=N–C) groups is 1. The molecule has 0 unspecified atom stereocenters. The minimum absolute atomic E-state index is 0.168. The van der Waals surface area contributed by atoms with E-state index in [0.29, 0.717) is 5.84 Å². The van der Waals surface area contributed by atoms with E-state index < -0.39 is 0 Å². The van der Waals surface area contributed by atoms with E-state index in [-0.39, 0.29) is 11.0 Å². The smallest absolute Gasteiger partial charge is 0.140 e. The highest BCUT2D eigenvalue weighted by Gasteiger charge is 2.25. The van der Waals surface area contributed by atoms with Crippen molar-refractivity contribution in [2.45, 2.75) is 53.5 Å². The van der Waals surface area contributed by atoms with Gasteiger partial charge in [-0.15, -0.1) is 5.10 Å². The summed E-state index contributed by atoms with van der Waals surface area (Å²) in [6.07, 6.45) is 0.978. The zero-order valence-electron chi connectivity index (χ0n) is 11.5. The van der Waals surface area contributed by atoms with E-state index in [4.69, 9.17) is 5.73 Å². The van der Waals surface area contributed by atoms with Crippen molar-refractivity contribution in [3.63, 3.8) is 0 Å². The molecule has 4 nitrogen and oxygen atoms in total. The lowest BCUT2D eigenvalue weighted by atomic mass is 9.82. The van der Waals surface area contributed by atoms with Crippen LogP contribution < -0.4 is 5.73 Å². The number of rotatable bonds is 3. The van der Waals surface area contributed by atoms with E-state index in [9.17, 15) is 0 Å². The van der Waals surface area contributed by atoms with Crippen LogP contribution in [0, 0.1) is 12.3 Å². The lowest BCUT2D eigenvalue weighted by molar-refractivity contribution is 0.288. The second-order valence-electron chi connectivity index (χ2n) is 6.23. The molecule has 0 spiro atoms. The normalized spacial score (nSPS) is 14.1. The molecule has 0 aliphatic carbocycles. The molecule has 17 heavy (non-hydrogen) atoms. The fourth-order valence-corrected chi connectivity index (χ4v) is 2.74. The largest absolute Gasteiger partial charge is 0.383 e. The zero-order chi connectivity index (χ0) is 13.3. The number of nitrogens with zero attached hydrogens (tertiary/aromatic N) is 3. The predicted molar refractivity (Wildman–Crippen MR) is 73.5 cm³/mol. The van der Waals surface area contributed by atoms with Gasteiger partial charge in [-0.05, 0) is 44.1 Å². The van der Waals surface area contributed by atoms with Gasteiger partial charge in [-0.3, -0.25) is 4.99 Å². The highest BCUT2D eigenvalue weighted by atomic mass is 32.1. The molecule has 0 atom stereocenters. The molecular weight excluding hydrogens is 232 g/mol. The van der Waals surface area contributed by atoms with Gasteiger partial charge in [-0.25, -0.2) is 0 Å². The van der Waals surface area contributed by atoms with Gasteiger partial charge in [0.15, 0.2) is 0 Å². The number of hydrogen-bond acceptors (Lipinski definition) is 4. The lowest BCUT2D eigenvalue weighted by Gasteiger charge is -2.29. The van der Waals surface area contributed by atoms with Crippen molar-refractivity contribution in [2.24, 2.45) is 16.1 Å². The number of nitrogens with two attached hydrogens (primary N) is 1. The molecule has 0 radical (unpaired) electrons. The maximum atomic E-state index is 6.03. The Labute approximate surface area is 108 Å². The first-order valence-electron chi connectivity index (χ1n) is 5.75. The molecule has 0 aliphatic heterocycles. The maximum absolute atomic E-state index is 6.03. The van der Waals surface area contributed by atoms with Crippen LogP contribution in [0.3, 0.4) is 0 Å². The average molecular weight is 254 g/mol. The average Bonchev–Trinajstić information content (AvgIpc) is 2.44. The van der Waals surface area contributed by atoms with Gasteiger partial charge in [0.25, 0.3) is 0 Å². The second-order valence-corrected chi connectivity index (χ2v) is 6.99. The Morgan fingerprint density at radius 2 is 1.88 bits per heavy atom. The minimum atomic E-state index is -0.168. The maximum Gasteiger partial charge on any atom is 0.140 e. The Kier molecular flexibility index (Phi) is 3.91. The fourth-order valence-electron chi connectivity index (χ4n) is 2.18. The number of amidine groups is 1. The summed E-state index contributed by atoms with van der Waals surface area (Å²) in [5.41, 5.74) is 6.94. The van der Waals surface area contributed by atoms with E-state index in [0.717, 1.165) is 17.0 Å². The van der Waals surface area contributed by atoms with E-state index in [2.05, 4.69) is 49.2 Å². The van der Waals surface area contributed by atoms with Crippen LogP contribution in [0.4, 0.5) is 0 Å². The Morgan fingerprint density at radius 1 is 1.29 bits per heavy atom. The molecule has 1 aromatic heterocycles. The van der Waals surface area contributed by atoms with Crippen LogP contribution in [0.25, 0.3) is 0 Å². The molecule has 2 N–H and O–H groups in total. The van der Waals surface area contributed by atoms with Gasteiger partial charge in [-0.1, -0.05) is 25.3 Å². The third-order valence-electron chi connectivity index (χ3n) is 2.27.